The Kier molecular flexibility index (Phi) is 2.59. The van der Waals surface area contributed by atoms with Crippen molar-refractivity contribution in [2.75, 3.05) is 0 Å². The standard InChI is InChI=1S/C6H10O6P2/c7-13(8,9)14(10,11,12)6-4-2-1-3-5-6/h1-5,10-12H,(H2,7,8,9). The summed E-state index contributed by atoms with van der Waals surface area (Å²) in [5, 5.41) is -0.563. The van der Waals surface area contributed by atoms with Crippen molar-refractivity contribution < 1.29 is 29.0 Å². The van der Waals surface area contributed by atoms with Gasteiger partial charge in [-0.1, -0.05) is 0 Å². The quantitative estimate of drug-likeness (QED) is 0.452. The molecule has 8 heteroatoms. The van der Waals surface area contributed by atoms with E-state index >= 15 is 0 Å². The summed E-state index contributed by atoms with van der Waals surface area (Å²) in [7, 11) is -5.41. The van der Waals surface area contributed by atoms with Crippen molar-refractivity contribution in [1.29, 1.82) is 0 Å². The van der Waals surface area contributed by atoms with Gasteiger partial charge in [0, 0.05) is 0 Å². The average Bonchev–Trinajstić information content (AvgIpc) is 2.03. The molecular formula is C6H10O6P2. The maximum atomic E-state index is 10.8. The van der Waals surface area contributed by atoms with E-state index in [0.717, 1.165) is 12.1 Å². The van der Waals surface area contributed by atoms with Gasteiger partial charge in [-0.25, -0.2) is 0 Å². The zero-order valence-electron chi connectivity index (χ0n) is 6.93. The third-order valence-electron chi connectivity index (χ3n) is 1.70. The normalized spacial score (nSPS) is 15.9. The molecule has 0 spiro atoms. The van der Waals surface area contributed by atoms with Crippen LogP contribution in [0.1, 0.15) is 0 Å². The fourth-order valence-electron chi connectivity index (χ4n) is 0.845. The molecule has 1 rings (SSSR count). The van der Waals surface area contributed by atoms with E-state index in [4.69, 9.17) is 9.79 Å². The third-order valence-corrected chi connectivity index (χ3v) is 7.45. The molecule has 0 aliphatic rings. The second-order valence-corrected chi connectivity index (χ2v) is 9.97. The topological polar surface area (TPSA) is 118 Å². The molecule has 0 atom stereocenters. The summed E-state index contributed by atoms with van der Waals surface area (Å²) in [5.74, 6) is 0. The summed E-state index contributed by atoms with van der Waals surface area (Å²) >= 11 is 0. The van der Waals surface area contributed by atoms with E-state index in [-0.39, 0.29) is 0 Å². The molecule has 0 radical (unpaired) electrons. The van der Waals surface area contributed by atoms with Crippen molar-refractivity contribution in [2.24, 2.45) is 0 Å². The first-order chi connectivity index (χ1) is 6.14. The Hall–Kier alpha value is -0.320. The Morgan fingerprint density at radius 2 is 1.43 bits per heavy atom. The van der Waals surface area contributed by atoms with E-state index in [1.807, 2.05) is 0 Å². The van der Waals surface area contributed by atoms with Crippen molar-refractivity contribution >= 4 is 19.6 Å². The molecule has 0 aromatic heterocycles. The molecule has 0 amide bonds. The van der Waals surface area contributed by atoms with Crippen LogP contribution in [0.25, 0.3) is 0 Å². The van der Waals surface area contributed by atoms with Crippen LogP contribution in [0.15, 0.2) is 30.3 Å². The van der Waals surface area contributed by atoms with Gasteiger partial charge in [0.15, 0.2) is 0 Å². The third kappa shape index (κ3) is 1.74. The molecule has 5 N–H and O–H groups in total. The van der Waals surface area contributed by atoms with Gasteiger partial charge in [0.25, 0.3) is 0 Å². The fraction of sp³-hybridized carbons (Fsp3) is 0. The van der Waals surface area contributed by atoms with Crippen LogP contribution < -0.4 is 5.30 Å². The Labute approximate surface area is 79.7 Å². The van der Waals surface area contributed by atoms with Crippen LogP contribution in [0.4, 0.5) is 0 Å². The van der Waals surface area contributed by atoms with Gasteiger partial charge in [0.1, 0.15) is 0 Å². The van der Waals surface area contributed by atoms with Crippen molar-refractivity contribution in [3.05, 3.63) is 30.3 Å². The Morgan fingerprint density at radius 1 is 1.00 bits per heavy atom. The SMILES string of the molecule is O=P(O)(O)P(O)(O)(O)c1ccccc1. The Bertz CT molecular complexity index is 374. The van der Waals surface area contributed by atoms with Crippen LogP contribution in [-0.2, 0) is 4.57 Å². The molecule has 6 nitrogen and oxygen atoms in total. The summed E-state index contributed by atoms with van der Waals surface area (Å²) in [6.07, 6.45) is 0. The molecule has 0 aliphatic heterocycles. The molecule has 80 valence electrons. The fourth-order valence-corrected chi connectivity index (χ4v) is 3.15. The predicted octanol–water partition coefficient (Wildman–Crippen LogP) is -0.320. The average molecular weight is 240 g/mol. The first-order valence-corrected chi connectivity index (χ1v) is 7.93. The van der Waals surface area contributed by atoms with Crippen molar-refractivity contribution in [3.63, 3.8) is 0 Å². The number of rotatable bonds is 2. The summed E-state index contributed by atoms with van der Waals surface area (Å²) in [6, 6.07) is 6.24. The van der Waals surface area contributed by atoms with Gasteiger partial charge in [-0.2, -0.15) is 0 Å². The van der Waals surface area contributed by atoms with Crippen LogP contribution in [0.5, 0.6) is 0 Å². The molecular weight excluding hydrogens is 230 g/mol. The monoisotopic (exact) mass is 240 g/mol. The summed E-state index contributed by atoms with van der Waals surface area (Å²) in [6.45, 7) is -6.09. The van der Waals surface area contributed by atoms with Crippen molar-refractivity contribution in [1.82, 2.24) is 0 Å². The van der Waals surface area contributed by atoms with Gasteiger partial charge in [0.2, 0.25) is 0 Å². The second kappa shape index (κ2) is 3.08. The van der Waals surface area contributed by atoms with Gasteiger partial charge in [0.05, 0.1) is 0 Å². The molecule has 1 aromatic carbocycles. The van der Waals surface area contributed by atoms with E-state index in [1.165, 1.54) is 18.2 Å². The van der Waals surface area contributed by atoms with Crippen LogP contribution in [0.3, 0.4) is 0 Å². The van der Waals surface area contributed by atoms with E-state index < -0.39 is 19.6 Å². The van der Waals surface area contributed by atoms with Crippen LogP contribution in [0, 0.1) is 0 Å². The first-order valence-electron chi connectivity index (χ1n) is 3.52. The number of hydrogen-bond donors (Lipinski definition) is 5. The van der Waals surface area contributed by atoms with E-state index in [0.29, 0.717) is 0 Å². The van der Waals surface area contributed by atoms with Gasteiger partial charge in [-0.15, -0.1) is 0 Å². The maximum absolute atomic E-state index is 10.8. The Morgan fingerprint density at radius 3 is 1.79 bits per heavy atom. The van der Waals surface area contributed by atoms with Crippen LogP contribution in [0.2, 0.25) is 0 Å². The minimum absolute atomic E-state index is 0.563. The summed E-state index contributed by atoms with van der Waals surface area (Å²) < 4.78 is 10.8. The molecule has 1 aromatic rings. The molecule has 0 heterocycles. The molecule has 0 unspecified atom stereocenters. The Balaban J connectivity index is 3.40. The van der Waals surface area contributed by atoms with E-state index in [2.05, 4.69) is 0 Å². The predicted molar refractivity (Wildman–Crippen MR) is 51.7 cm³/mol. The molecule has 0 saturated carbocycles. The number of benzene rings is 1. The summed E-state index contributed by atoms with van der Waals surface area (Å²) in [5.41, 5.74) is 0. The van der Waals surface area contributed by atoms with Gasteiger partial charge in [-0.05, 0) is 0 Å². The van der Waals surface area contributed by atoms with Gasteiger partial charge in [-0.3, -0.25) is 0 Å². The first kappa shape index (κ1) is 11.8. The van der Waals surface area contributed by atoms with Gasteiger partial charge < -0.3 is 0 Å². The van der Waals surface area contributed by atoms with Crippen molar-refractivity contribution in [3.8, 4) is 0 Å². The molecule has 14 heavy (non-hydrogen) atoms. The zero-order chi connectivity index (χ0) is 11.1. The molecule has 0 saturated heterocycles. The molecule has 0 aliphatic carbocycles. The zero-order valence-corrected chi connectivity index (χ0v) is 8.71. The summed E-state index contributed by atoms with van der Waals surface area (Å²) in [4.78, 5) is 45.2. The molecule has 0 fully saturated rings. The van der Waals surface area contributed by atoms with Crippen molar-refractivity contribution in [2.45, 2.75) is 0 Å². The number of hydrogen-bond acceptors (Lipinski definition) is 4. The second-order valence-electron chi connectivity index (χ2n) is 2.79. The van der Waals surface area contributed by atoms with E-state index in [1.54, 1.807) is 0 Å². The molecule has 0 bridgehead atoms. The van der Waals surface area contributed by atoms with E-state index in [9.17, 15) is 19.2 Å². The van der Waals surface area contributed by atoms with Gasteiger partial charge >= 0.3 is 78.9 Å². The van der Waals surface area contributed by atoms with Crippen LogP contribution >= 0.6 is 14.3 Å². The van der Waals surface area contributed by atoms with Crippen LogP contribution in [-0.4, -0.2) is 24.5 Å². The minimum atomic E-state index is -6.09.